The first-order valence-electron chi connectivity index (χ1n) is 7.94. The number of halogens is 1. The predicted octanol–water partition coefficient (Wildman–Crippen LogP) is 3.05. The van der Waals surface area contributed by atoms with Gasteiger partial charge in [-0.2, -0.15) is 5.10 Å². The van der Waals surface area contributed by atoms with Gasteiger partial charge in [-0.3, -0.25) is 9.48 Å². The van der Waals surface area contributed by atoms with Gasteiger partial charge < -0.3 is 9.42 Å². The van der Waals surface area contributed by atoms with Crippen molar-refractivity contribution in [2.75, 3.05) is 7.05 Å². The van der Waals surface area contributed by atoms with Crippen LogP contribution < -0.4 is 0 Å². The molecule has 2 heterocycles. The molecule has 3 rings (SSSR count). The van der Waals surface area contributed by atoms with Gasteiger partial charge in [0.25, 0.3) is 5.91 Å². The van der Waals surface area contributed by atoms with E-state index in [1.807, 2.05) is 17.8 Å². The summed E-state index contributed by atoms with van der Waals surface area (Å²) >= 11 is 3.50. The number of rotatable bonds is 4. The van der Waals surface area contributed by atoms with Crippen LogP contribution in [0.15, 0.2) is 15.2 Å². The first-order chi connectivity index (χ1) is 11.0. The van der Waals surface area contributed by atoms with Crippen molar-refractivity contribution in [2.24, 2.45) is 5.92 Å². The van der Waals surface area contributed by atoms with Crippen LogP contribution in [0.4, 0.5) is 0 Å². The molecule has 0 radical (unpaired) electrons. The summed E-state index contributed by atoms with van der Waals surface area (Å²) in [6.07, 6.45) is 4.75. The molecule has 0 fully saturated rings. The second-order valence-corrected chi connectivity index (χ2v) is 7.08. The van der Waals surface area contributed by atoms with Crippen LogP contribution in [0.1, 0.15) is 47.8 Å². The Labute approximate surface area is 143 Å². The highest BCUT2D eigenvalue weighted by atomic mass is 79.9. The molecule has 0 aromatic carbocycles. The Morgan fingerprint density at radius 2 is 2.35 bits per heavy atom. The van der Waals surface area contributed by atoms with E-state index in [9.17, 15) is 4.79 Å². The molecule has 23 heavy (non-hydrogen) atoms. The van der Waals surface area contributed by atoms with Gasteiger partial charge in [-0.1, -0.05) is 12.1 Å². The first kappa shape index (κ1) is 16.2. The fourth-order valence-electron chi connectivity index (χ4n) is 2.93. The van der Waals surface area contributed by atoms with Crippen molar-refractivity contribution in [3.05, 3.63) is 33.4 Å². The molecule has 0 bridgehead atoms. The number of aromatic nitrogens is 3. The number of nitrogens with zero attached hydrogens (tertiary/aromatic N) is 4. The second-order valence-electron chi connectivity index (χ2n) is 6.22. The van der Waals surface area contributed by atoms with Crippen molar-refractivity contribution in [1.82, 2.24) is 19.8 Å². The normalized spacial score (nSPS) is 17.1. The first-order valence-corrected chi connectivity index (χ1v) is 8.73. The topological polar surface area (TPSA) is 64.2 Å². The average molecular weight is 381 g/mol. The molecule has 0 saturated heterocycles. The lowest BCUT2D eigenvalue weighted by Crippen LogP contribution is -2.28. The zero-order chi connectivity index (χ0) is 16.6. The summed E-state index contributed by atoms with van der Waals surface area (Å²) < 4.78 is 8.13. The van der Waals surface area contributed by atoms with Crippen LogP contribution in [-0.2, 0) is 25.9 Å². The lowest BCUT2D eigenvalue weighted by Gasteiger charge is -2.19. The smallest absolute Gasteiger partial charge is 0.276 e. The maximum absolute atomic E-state index is 12.7. The minimum Gasteiger partial charge on any atom is -0.360 e. The van der Waals surface area contributed by atoms with Crippen LogP contribution in [-0.4, -0.2) is 32.8 Å². The maximum atomic E-state index is 12.7. The molecule has 1 aliphatic rings. The van der Waals surface area contributed by atoms with E-state index in [1.165, 1.54) is 0 Å². The second kappa shape index (κ2) is 6.47. The molecular formula is C16H21BrN4O2. The Balaban J connectivity index is 1.77. The van der Waals surface area contributed by atoms with Crippen molar-refractivity contribution < 1.29 is 9.32 Å². The van der Waals surface area contributed by atoms with E-state index in [-0.39, 0.29) is 5.91 Å². The minimum atomic E-state index is -0.109. The summed E-state index contributed by atoms with van der Waals surface area (Å²) in [6, 6.07) is 0. The summed E-state index contributed by atoms with van der Waals surface area (Å²) in [5.74, 6) is 1.33. The molecule has 124 valence electrons. The highest BCUT2D eigenvalue weighted by Crippen LogP contribution is 2.28. The van der Waals surface area contributed by atoms with Crippen molar-refractivity contribution in [2.45, 2.75) is 46.2 Å². The van der Waals surface area contributed by atoms with Crippen LogP contribution in [0.2, 0.25) is 0 Å². The van der Waals surface area contributed by atoms with E-state index in [2.05, 4.69) is 33.1 Å². The summed E-state index contributed by atoms with van der Waals surface area (Å²) in [7, 11) is 1.77. The Morgan fingerprint density at radius 3 is 3.04 bits per heavy atom. The Morgan fingerprint density at radius 1 is 1.57 bits per heavy atom. The van der Waals surface area contributed by atoms with E-state index in [0.717, 1.165) is 47.3 Å². The van der Waals surface area contributed by atoms with Gasteiger partial charge in [0.15, 0.2) is 5.69 Å². The van der Waals surface area contributed by atoms with Crippen molar-refractivity contribution >= 4 is 21.8 Å². The fourth-order valence-corrected chi connectivity index (χ4v) is 3.37. The number of fused-ring (bicyclic) bond motifs is 1. The SMILES string of the molecule is CCn1cc(Br)c(CN(C)C(=O)c2noc3c2CC(C)CC3)n1. The largest absolute Gasteiger partial charge is 0.360 e. The number of carbonyl (C=O) groups excluding carboxylic acids is 1. The van der Waals surface area contributed by atoms with Crippen LogP contribution in [0.25, 0.3) is 0 Å². The molecule has 1 atom stereocenters. The van der Waals surface area contributed by atoms with Crippen molar-refractivity contribution in [3.8, 4) is 0 Å². The van der Waals surface area contributed by atoms with Gasteiger partial charge in [-0.25, -0.2) is 0 Å². The molecule has 0 N–H and O–H groups in total. The molecule has 7 heteroatoms. The lowest BCUT2D eigenvalue weighted by molar-refractivity contribution is 0.0771. The van der Waals surface area contributed by atoms with Crippen LogP contribution in [0.3, 0.4) is 0 Å². The summed E-state index contributed by atoms with van der Waals surface area (Å²) in [4.78, 5) is 14.4. The van der Waals surface area contributed by atoms with Gasteiger partial charge in [0, 0.05) is 31.8 Å². The van der Waals surface area contributed by atoms with Gasteiger partial charge in [-0.15, -0.1) is 0 Å². The number of hydrogen-bond acceptors (Lipinski definition) is 4. The molecule has 6 nitrogen and oxygen atoms in total. The molecule has 2 aromatic rings. The third-order valence-electron chi connectivity index (χ3n) is 4.33. The number of aryl methyl sites for hydroxylation is 2. The fraction of sp³-hybridized carbons (Fsp3) is 0.562. The predicted molar refractivity (Wildman–Crippen MR) is 89.1 cm³/mol. The molecule has 0 aliphatic heterocycles. The average Bonchev–Trinajstić information content (AvgIpc) is 3.10. The third kappa shape index (κ3) is 3.20. The van der Waals surface area contributed by atoms with Gasteiger partial charge in [-0.05, 0) is 41.6 Å². The third-order valence-corrected chi connectivity index (χ3v) is 5.00. The van der Waals surface area contributed by atoms with Crippen LogP contribution in [0.5, 0.6) is 0 Å². The van der Waals surface area contributed by atoms with E-state index in [4.69, 9.17) is 4.52 Å². The van der Waals surface area contributed by atoms with Gasteiger partial charge >= 0.3 is 0 Å². The molecule has 0 spiro atoms. The Hall–Kier alpha value is -1.63. The standard InChI is InChI=1S/C16H21BrN4O2/c1-4-21-8-12(17)13(18-21)9-20(3)16(22)15-11-7-10(2)5-6-14(11)23-19-15/h8,10H,4-7,9H2,1-3H3. The highest BCUT2D eigenvalue weighted by Gasteiger charge is 2.28. The summed E-state index contributed by atoms with van der Waals surface area (Å²) in [5.41, 5.74) is 2.28. The van der Waals surface area contributed by atoms with E-state index < -0.39 is 0 Å². The monoisotopic (exact) mass is 380 g/mol. The molecular weight excluding hydrogens is 360 g/mol. The summed E-state index contributed by atoms with van der Waals surface area (Å²) in [5, 5.41) is 8.50. The van der Waals surface area contributed by atoms with Crippen molar-refractivity contribution in [3.63, 3.8) is 0 Å². The van der Waals surface area contributed by atoms with E-state index in [1.54, 1.807) is 11.9 Å². The van der Waals surface area contributed by atoms with Crippen LogP contribution in [0, 0.1) is 5.92 Å². The van der Waals surface area contributed by atoms with Crippen LogP contribution >= 0.6 is 15.9 Å². The zero-order valence-corrected chi connectivity index (χ0v) is 15.3. The molecule has 0 saturated carbocycles. The molecule has 2 aromatic heterocycles. The van der Waals surface area contributed by atoms with Crippen molar-refractivity contribution in [1.29, 1.82) is 0 Å². The molecule has 1 amide bonds. The number of hydrogen-bond donors (Lipinski definition) is 0. The highest BCUT2D eigenvalue weighted by molar-refractivity contribution is 9.10. The minimum absolute atomic E-state index is 0.109. The molecule has 1 unspecified atom stereocenters. The van der Waals surface area contributed by atoms with Gasteiger partial charge in [0.05, 0.1) is 16.7 Å². The maximum Gasteiger partial charge on any atom is 0.276 e. The van der Waals surface area contributed by atoms with E-state index >= 15 is 0 Å². The van der Waals surface area contributed by atoms with Gasteiger partial charge in [0.1, 0.15) is 5.76 Å². The zero-order valence-electron chi connectivity index (χ0n) is 13.7. The quantitative estimate of drug-likeness (QED) is 0.817. The lowest BCUT2D eigenvalue weighted by atomic mass is 9.88. The van der Waals surface area contributed by atoms with E-state index in [0.29, 0.717) is 18.2 Å². The summed E-state index contributed by atoms with van der Waals surface area (Å²) in [6.45, 7) is 5.46. The molecule has 1 aliphatic carbocycles. The Kier molecular flexibility index (Phi) is 4.57. The Bertz CT molecular complexity index is 722. The number of carbonyl (C=O) groups is 1. The number of amides is 1. The van der Waals surface area contributed by atoms with Gasteiger partial charge in [0.2, 0.25) is 0 Å².